The van der Waals surface area contributed by atoms with Gasteiger partial charge in [0.15, 0.2) is 0 Å². The Labute approximate surface area is 164 Å². The molecule has 2 saturated heterocycles. The summed E-state index contributed by atoms with van der Waals surface area (Å²) in [4.78, 5) is 2.39. The molecule has 0 unspecified atom stereocenters. The Bertz CT molecular complexity index is 761. The lowest BCUT2D eigenvalue weighted by molar-refractivity contribution is 0.0768. The highest BCUT2D eigenvalue weighted by atomic mass is 35.5. The number of aromatic nitrogens is 2. The maximum atomic E-state index is 6.43. The van der Waals surface area contributed by atoms with Crippen LogP contribution in [-0.4, -0.2) is 42.0 Å². The van der Waals surface area contributed by atoms with E-state index in [4.69, 9.17) is 25.5 Å². The van der Waals surface area contributed by atoms with E-state index < -0.39 is 0 Å². The van der Waals surface area contributed by atoms with Crippen LogP contribution >= 0.6 is 11.6 Å². The molecule has 0 bridgehead atoms. The van der Waals surface area contributed by atoms with Crippen LogP contribution in [0, 0.1) is 0 Å². The minimum absolute atomic E-state index is 0.141. The number of methoxy groups -OCH3 is 1. The molecule has 0 amide bonds. The first kappa shape index (κ1) is 18.7. The molecule has 0 aliphatic carbocycles. The number of benzene rings is 1. The van der Waals surface area contributed by atoms with Gasteiger partial charge in [-0.25, -0.2) is 0 Å². The van der Waals surface area contributed by atoms with Crippen molar-refractivity contribution in [3.8, 4) is 5.75 Å². The van der Waals surface area contributed by atoms with Gasteiger partial charge in [-0.3, -0.25) is 4.90 Å². The van der Waals surface area contributed by atoms with Gasteiger partial charge in [0.25, 0.3) is 0 Å². The van der Waals surface area contributed by atoms with Crippen LogP contribution in [-0.2, 0) is 11.3 Å². The Kier molecular flexibility index (Phi) is 5.95. The van der Waals surface area contributed by atoms with Gasteiger partial charge in [-0.15, -0.1) is 10.2 Å². The van der Waals surface area contributed by atoms with Crippen LogP contribution in [0.15, 0.2) is 22.6 Å². The zero-order valence-corrected chi connectivity index (χ0v) is 16.5. The first-order valence-electron chi connectivity index (χ1n) is 9.72. The number of rotatable bonds is 5. The second kappa shape index (κ2) is 8.59. The van der Waals surface area contributed by atoms with E-state index in [1.165, 1.54) is 12.8 Å². The van der Waals surface area contributed by atoms with Crippen molar-refractivity contribution in [1.82, 2.24) is 15.1 Å². The largest absolute Gasteiger partial charge is 0.497 e. The van der Waals surface area contributed by atoms with Crippen LogP contribution in [0.2, 0.25) is 5.02 Å². The molecule has 3 heterocycles. The predicted octanol–water partition coefficient (Wildman–Crippen LogP) is 4.35. The SMILES string of the molecule is COc1ccc(Cl)c(CN2CCCC[C@H]2c2nnc(C3CCOCC3)o2)c1. The third kappa shape index (κ3) is 4.28. The summed E-state index contributed by atoms with van der Waals surface area (Å²) in [5, 5.41) is 9.52. The summed E-state index contributed by atoms with van der Waals surface area (Å²) in [7, 11) is 1.67. The van der Waals surface area contributed by atoms with Crippen LogP contribution in [0.1, 0.15) is 61.4 Å². The Hall–Kier alpha value is -1.63. The van der Waals surface area contributed by atoms with Crippen LogP contribution in [0.25, 0.3) is 0 Å². The Balaban J connectivity index is 1.52. The molecule has 2 aliphatic rings. The van der Waals surface area contributed by atoms with Gasteiger partial charge in [0.1, 0.15) is 5.75 Å². The first-order valence-corrected chi connectivity index (χ1v) is 10.1. The van der Waals surface area contributed by atoms with Crippen molar-refractivity contribution in [1.29, 1.82) is 0 Å². The molecule has 0 spiro atoms. The van der Waals surface area contributed by atoms with Crippen molar-refractivity contribution in [3.05, 3.63) is 40.6 Å². The van der Waals surface area contributed by atoms with E-state index >= 15 is 0 Å². The molecule has 1 atom stereocenters. The summed E-state index contributed by atoms with van der Waals surface area (Å²) in [5.41, 5.74) is 1.06. The average Bonchev–Trinajstić information content (AvgIpc) is 3.21. The van der Waals surface area contributed by atoms with Gasteiger partial charge in [0.05, 0.1) is 13.2 Å². The molecule has 27 heavy (non-hydrogen) atoms. The quantitative estimate of drug-likeness (QED) is 0.755. The molecule has 2 aromatic rings. The van der Waals surface area contributed by atoms with Crippen molar-refractivity contribution in [2.45, 2.75) is 50.6 Å². The fourth-order valence-corrected chi connectivity index (χ4v) is 4.15. The van der Waals surface area contributed by atoms with Crippen LogP contribution in [0.5, 0.6) is 5.75 Å². The molecule has 2 aliphatic heterocycles. The maximum Gasteiger partial charge on any atom is 0.233 e. The molecular formula is C20H26ClN3O3. The Morgan fingerprint density at radius 2 is 1.96 bits per heavy atom. The summed E-state index contributed by atoms with van der Waals surface area (Å²) in [5.74, 6) is 2.64. The molecule has 0 N–H and O–H groups in total. The summed E-state index contributed by atoms with van der Waals surface area (Å²) >= 11 is 6.43. The fourth-order valence-electron chi connectivity index (χ4n) is 3.97. The van der Waals surface area contributed by atoms with Crippen molar-refractivity contribution in [3.63, 3.8) is 0 Å². The highest BCUT2D eigenvalue weighted by Gasteiger charge is 2.30. The number of hydrogen-bond donors (Lipinski definition) is 0. The topological polar surface area (TPSA) is 60.6 Å². The zero-order valence-electron chi connectivity index (χ0n) is 15.7. The minimum Gasteiger partial charge on any atom is -0.497 e. The lowest BCUT2D eigenvalue weighted by Gasteiger charge is -2.33. The number of halogens is 1. The van der Waals surface area contributed by atoms with Crippen LogP contribution in [0.3, 0.4) is 0 Å². The number of nitrogens with zero attached hydrogens (tertiary/aromatic N) is 3. The Morgan fingerprint density at radius 3 is 2.78 bits per heavy atom. The summed E-state index contributed by atoms with van der Waals surface area (Å²) in [6.07, 6.45) is 5.27. The average molecular weight is 392 g/mol. The normalized spacial score (nSPS) is 22.1. The molecule has 4 rings (SSSR count). The van der Waals surface area contributed by atoms with Crippen molar-refractivity contribution in [2.75, 3.05) is 26.9 Å². The molecule has 2 fully saturated rings. The molecule has 1 aromatic carbocycles. The van der Waals surface area contributed by atoms with Gasteiger partial charge in [-0.2, -0.15) is 0 Å². The molecule has 7 heteroatoms. The van der Waals surface area contributed by atoms with Gasteiger partial charge >= 0.3 is 0 Å². The van der Waals surface area contributed by atoms with Crippen molar-refractivity contribution in [2.24, 2.45) is 0 Å². The minimum atomic E-state index is 0.141. The second-order valence-corrected chi connectivity index (χ2v) is 7.71. The molecule has 0 saturated carbocycles. The third-order valence-corrected chi connectivity index (χ3v) is 5.92. The molecule has 146 valence electrons. The van der Waals surface area contributed by atoms with E-state index in [0.29, 0.717) is 5.92 Å². The van der Waals surface area contributed by atoms with E-state index in [9.17, 15) is 0 Å². The molecule has 0 radical (unpaired) electrons. The van der Waals surface area contributed by atoms with E-state index in [0.717, 1.165) is 73.7 Å². The van der Waals surface area contributed by atoms with Gasteiger partial charge < -0.3 is 13.9 Å². The number of hydrogen-bond acceptors (Lipinski definition) is 6. The lowest BCUT2D eigenvalue weighted by Crippen LogP contribution is -2.33. The number of piperidine rings is 1. The van der Waals surface area contributed by atoms with Crippen molar-refractivity contribution >= 4 is 11.6 Å². The van der Waals surface area contributed by atoms with E-state index in [-0.39, 0.29) is 6.04 Å². The first-order chi connectivity index (χ1) is 13.2. The third-order valence-electron chi connectivity index (χ3n) is 5.55. The van der Waals surface area contributed by atoms with Gasteiger partial charge in [0, 0.05) is 30.7 Å². The Morgan fingerprint density at radius 1 is 1.15 bits per heavy atom. The smallest absolute Gasteiger partial charge is 0.233 e. The van der Waals surface area contributed by atoms with E-state index in [1.54, 1.807) is 7.11 Å². The van der Waals surface area contributed by atoms with Crippen LogP contribution < -0.4 is 4.74 Å². The van der Waals surface area contributed by atoms with Gasteiger partial charge in [-0.1, -0.05) is 18.0 Å². The monoisotopic (exact) mass is 391 g/mol. The number of likely N-dealkylation sites (tertiary alicyclic amines) is 1. The standard InChI is InChI=1S/C20H26ClN3O3/c1-25-16-5-6-17(21)15(12-16)13-24-9-3-2-4-18(24)20-23-22-19(27-20)14-7-10-26-11-8-14/h5-6,12,14,18H,2-4,7-11,13H2,1H3/t18-/m0/s1. The summed E-state index contributed by atoms with van der Waals surface area (Å²) in [6, 6.07) is 5.93. The highest BCUT2D eigenvalue weighted by Crippen LogP contribution is 2.35. The summed E-state index contributed by atoms with van der Waals surface area (Å²) in [6.45, 7) is 3.28. The predicted molar refractivity (Wildman–Crippen MR) is 102 cm³/mol. The number of ether oxygens (including phenoxy) is 2. The zero-order chi connectivity index (χ0) is 18.6. The lowest BCUT2D eigenvalue weighted by atomic mass is 10.0. The van der Waals surface area contributed by atoms with Crippen LogP contribution in [0.4, 0.5) is 0 Å². The van der Waals surface area contributed by atoms with E-state index in [2.05, 4.69) is 15.1 Å². The summed E-state index contributed by atoms with van der Waals surface area (Å²) < 4.78 is 16.9. The van der Waals surface area contributed by atoms with Gasteiger partial charge in [0.2, 0.25) is 11.8 Å². The fraction of sp³-hybridized carbons (Fsp3) is 0.600. The molecule has 1 aromatic heterocycles. The van der Waals surface area contributed by atoms with E-state index in [1.807, 2.05) is 18.2 Å². The van der Waals surface area contributed by atoms with Crippen molar-refractivity contribution < 1.29 is 13.9 Å². The van der Waals surface area contributed by atoms with Gasteiger partial charge in [-0.05, 0) is 56.0 Å². The molecule has 6 nitrogen and oxygen atoms in total. The highest BCUT2D eigenvalue weighted by molar-refractivity contribution is 6.31. The molecular weight excluding hydrogens is 366 g/mol. The second-order valence-electron chi connectivity index (χ2n) is 7.30. The maximum absolute atomic E-state index is 6.43.